The molecule has 0 aliphatic carbocycles. The summed E-state index contributed by atoms with van der Waals surface area (Å²) in [7, 11) is 4.78. The standard InChI is InChI=1S/C23H20N2O5S2/c1-27-17-6-4-5-14(9-17)21-24-16(12-31-21)11-30-23(26)18-13-32-22(25-18)15-7-8-19(28-2)20(10-15)29-3/h4-10,12-13H,11H2,1-3H3. The number of thiazole rings is 2. The summed E-state index contributed by atoms with van der Waals surface area (Å²) < 4.78 is 21.3. The number of aromatic nitrogens is 2. The van der Waals surface area contributed by atoms with Crippen LogP contribution >= 0.6 is 22.7 Å². The number of methoxy groups -OCH3 is 3. The van der Waals surface area contributed by atoms with Gasteiger partial charge in [-0.1, -0.05) is 12.1 Å². The number of benzene rings is 2. The smallest absolute Gasteiger partial charge is 0.358 e. The van der Waals surface area contributed by atoms with Gasteiger partial charge >= 0.3 is 5.97 Å². The van der Waals surface area contributed by atoms with E-state index in [2.05, 4.69) is 9.97 Å². The second-order valence-electron chi connectivity index (χ2n) is 6.56. The number of nitrogens with zero attached hydrogens (tertiary/aromatic N) is 2. The molecule has 0 unspecified atom stereocenters. The van der Waals surface area contributed by atoms with E-state index in [9.17, 15) is 4.79 Å². The molecule has 4 aromatic rings. The lowest BCUT2D eigenvalue weighted by Crippen LogP contribution is -2.05. The fraction of sp³-hybridized carbons (Fsp3) is 0.174. The molecule has 0 aliphatic rings. The van der Waals surface area contributed by atoms with E-state index in [0.717, 1.165) is 21.9 Å². The van der Waals surface area contributed by atoms with Gasteiger partial charge in [0.05, 0.1) is 27.0 Å². The maximum absolute atomic E-state index is 12.5. The van der Waals surface area contributed by atoms with Gasteiger partial charge in [0, 0.05) is 21.9 Å². The Bertz CT molecular complexity index is 1230. The second-order valence-corrected chi connectivity index (χ2v) is 8.28. The molecule has 9 heteroatoms. The fourth-order valence-electron chi connectivity index (χ4n) is 2.94. The van der Waals surface area contributed by atoms with Gasteiger partial charge in [0.2, 0.25) is 0 Å². The zero-order valence-electron chi connectivity index (χ0n) is 17.7. The second kappa shape index (κ2) is 9.80. The molecule has 0 bridgehead atoms. The van der Waals surface area contributed by atoms with Gasteiger partial charge in [-0.05, 0) is 30.3 Å². The summed E-state index contributed by atoms with van der Waals surface area (Å²) in [4.78, 5) is 21.4. The average molecular weight is 469 g/mol. The van der Waals surface area contributed by atoms with E-state index in [1.165, 1.54) is 22.7 Å². The summed E-state index contributed by atoms with van der Waals surface area (Å²) in [5.41, 5.74) is 2.71. The van der Waals surface area contributed by atoms with Gasteiger partial charge < -0.3 is 18.9 Å². The van der Waals surface area contributed by atoms with Gasteiger partial charge in [-0.25, -0.2) is 14.8 Å². The maximum atomic E-state index is 12.5. The van der Waals surface area contributed by atoms with Crippen LogP contribution in [-0.4, -0.2) is 37.3 Å². The summed E-state index contributed by atoms with van der Waals surface area (Å²) in [5.74, 6) is 1.49. The Labute approximate surface area is 193 Å². The summed E-state index contributed by atoms with van der Waals surface area (Å²) in [6.07, 6.45) is 0. The summed E-state index contributed by atoms with van der Waals surface area (Å²) in [5, 5.41) is 5.07. The van der Waals surface area contributed by atoms with Gasteiger partial charge in [-0.3, -0.25) is 0 Å². The van der Waals surface area contributed by atoms with Crippen molar-refractivity contribution in [1.29, 1.82) is 0 Å². The van der Waals surface area contributed by atoms with Crippen molar-refractivity contribution < 1.29 is 23.7 Å². The minimum atomic E-state index is -0.496. The largest absolute Gasteiger partial charge is 0.497 e. The molecule has 164 valence electrons. The van der Waals surface area contributed by atoms with Crippen LogP contribution in [0.5, 0.6) is 17.2 Å². The monoisotopic (exact) mass is 468 g/mol. The van der Waals surface area contributed by atoms with Crippen LogP contribution in [0.3, 0.4) is 0 Å². The Hall–Kier alpha value is -3.43. The molecule has 0 aliphatic heterocycles. The molecule has 0 atom stereocenters. The highest BCUT2D eigenvalue weighted by atomic mass is 32.1. The van der Waals surface area contributed by atoms with Crippen molar-refractivity contribution in [2.24, 2.45) is 0 Å². The van der Waals surface area contributed by atoms with Crippen LogP contribution < -0.4 is 14.2 Å². The first-order valence-electron chi connectivity index (χ1n) is 9.55. The van der Waals surface area contributed by atoms with Crippen LogP contribution in [0.4, 0.5) is 0 Å². The van der Waals surface area contributed by atoms with Crippen molar-refractivity contribution in [3.05, 3.63) is 64.6 Å². The van der Waals surface area contributed by atoms with Gasteiger partial charge in [0.15, 0.2) is 17.2 Å². The number of ether oxygens (including phenoxy) is 4. The number of carbonyl (C=O) groups excluding carboxylic acids is 1. The first kappa shape index (κ1) is 21.8. The van der Waals surface area contributed by atoms with Crippen LogP contribution in [0, 0.1) is 0 Å². The zero-order valence-corrected chi connectivity index (χ0v) is 19.3. The Morgan fingerprint density at radius 3 is 2.38 bits per heavy atom. The van der Waals surface area contributed by atoms with Gasteiger partial charge in [0.25, 0.3) is 0 Å². The molecule has 0 fully saturated rings. The van der Waals surface area contributed by atoms with E-state index in [4.69, 9.17) is 18.9 Å². The van der Waals surface area contributed by atoms with E-state index in [0.29, 0.717) is 22.2 Å². The van der Waals surface area contributed by atoms with E-state index in [1.54, 1.807) is 32.8 Å². The normalized spacial score (nSPS) is 10.6. The van der Waals surface area contributed by atoms with E-state index in [-0.39, 0.29) is 12.3 Å². The third-order valence-electron chi connectivity index (χ3n) is 4.56. The molecule has 7 nitrogen and oxygen atoms in total. The van der Waals surface area contributed by atoms with Crippen molar-refractivity contribution in [1.82, 2.24) is 9.97 Å². The first-order chi connectivity index (χ1) is 15.6. The highest BCUT2D eigenvalue weighted by Crippen LogP contribution is 2.33. The van der Waals surface area contributed by atoms with Crippen molar-refractivity contribution in [3.63, 3.8) is 0 Å². The van der Waals surface area contributed by atoms with Gasteiger partial charge in [-0.15, -0.1) is 22.7 Å². The molecule has 0 radical (unpaired) electrons. The maximum Gasteiger partial charge on any atom is 0.358 e. The van der Waals surface area contributed by atoms with E-state index >= 15 is 0 Å². The molecule has 2 heterocycles. The lowest BCUT2D eigenvalue weighted by atomic mass is 10.2. The summed E-state index contributed by atoms with van der Waals surface area (Å²) in [6.45, 7) is 0.0719. The molecule has 0 saturated heterocycles. The predicted molar refractivity (Wildman–Crippen MR) is 124 cm³/mol. The number of hydrogen-bond acceptors (Lipinski definition) is 9. The van der Waals surface area contributed by atoms with Crippen molar-refractivity contribution in [2.75, 3.05) is 21.3 Å². The summed E-state index contributed by atoms with van der Waals surface area (Å²) >= 11 is 2.84. The highest BCUT2D eigenvalue weighted by molar-refractivity contribution is 7.13. The number of esters is 1. The topological polar surface area (TPSA) is 79.8 Å². The molecule has 2 aromatic carbocycles. The molecular formula is C23H20N2O5S2. The third-order valence-corrected chi connectivity index (χ3v) is 6.39. The number of hydrogen-bond donors (Lipinski definition) is 0. The zero-order chi connectivity index (χ0) is 22.5. The first-order valence-corrected chi connectivity index (χ1v) is 11.3. The SMILES string of the molecule is COc1cccc(-c2nc(COC(=O)c3csc(-c4ccc(OC)c(OC)c4)n3)cs2)c1. The molecule has 2 aromatic heterocycles. The van der Waals surface area contributed by atoms with Crippen LogP contribution in [-0.2, 0) is 11.3 Å². The molecule has 0 spiro atoms. The molecule has 4 rings (SSSR count). The Morgan fingerprint density at radius 1 is 0.844 bits per heavy atom. The lowest BCUT2D eigenvalue weighted by molar-refractivity contribution is 0.0462. The van der Waals surface area contributed by atoms with Crippen LogP contribution in [0.1, 0.15) is 16.2 Å². The Balaban J connectivity index is 1.41. The van der Waals surface area contributed by atoms with E-state index in [1.807, 2.05) is 41.8 Å². The van der Waals surface area contributed by atoms with Crippen molar-refractivity contribution >= 4 is 28.6 Å². The van der Waals surface area contributed by atoms with Crippen molar-refractivity contribution in [3.8, 4) is 38.4 Å². The van der Waals surface area contributed by atoms with Crippen LogP contribution in [0.15, 0.2) is 53.2 Å². The minimum absolute atomic E-state index is 0.0719. The number of carbonyl (C=O) groups is 1. The van der Waals surface area contributed by atoms with Gasteiger partial charge in [-0.2, -0.15) is 0 Å². The highest BCUT2D eigenvalue weighted by Gasteiger charge is 2.16. The number of rotatable bonds is 8. The molecule has 32 heavy (non-hydrogen) atoms. The van der Waals surface area contributed by atoms with E-state index < -0.39 is 5.97 Å². The van der Waals surface area contributed by atoms with Crippen molar-refractivity contribution in [2.45, 2.75) is 6.61 Å². The molecule has 0 amide bonds. The average Bonchev–Trinajstić information content (AvgIpc) is 3.52. The predicted octanol–water partition coefficient (Wildman–Crippen LogP) is 5.32. The van der Waals surface area contributed by atoms with Crippen LogP contribution in [0.25, 0.3) is 21.1 Å². The minimum Gasteiger partial charge on any atom is -0.497 e. The van der Waals surface area contributed by atoms with Crippen LogP contribution in [0.2, 0.25) is 0 Å². The fourth-order valence-corrected chi connectivity index (χ4v) is 4.53. The molecule has 0 saturated carbocycles. The molecular weight excluding hydrogens is 448 g/mol. The Morgan fingerprint density at radius 2 is 1.59 bits per heavy atom. The Kier molecular flexibility index (Phi) is 6.67. The van der Waals surface area contributed by atoms with Gasteiger partial charge in [0.1, 0.15) is 22.4 Å². The molecule has 0 N–H and O–H groups in total. The lowest BCUT2D eigenvalue weighted by Gasteiger charge is -2.08. The summed E-state index contributed by atoms with van der Waals surface area (Å²) in [6, 6.07) is 13.2. The quantitative estimate of drug-likeness (QED) is 0.324. The third kappa shape index (κ3) is 4.74.